The Labute approximate surface area is 386 Å². The van der Waals surface area contributed by atoms with Gasteiger partial charge in [-0.3, -0.25) is 9.59 Å². The maximum absolute atomic E-state index is 12.2. The number of ether oxygens (including phenoxy) is 2. The molecular weight excluding hydrogens is 765 g/mol. The van der Waals surface area contributed by atoms with Crippen LogP contribution < -0.4 is 0 Å². The van der Waals surface area contributed by atoms with E-state index in [-0.39, 0.29) is 25.2 Å². The third-order valence-electron chi connectivity index (χ3n) is 12.4. The first-order valence-corrected chi connectivity index (χ1v) is 27.5. The maximum Gasteiger partial charge on any atom is 0.306 e. The molecule has 0 spiro atoms. The van der Waals surface area contributed by atoms with Gasteiger partial charge >= 0.3 is 11.9 Å². The summed E-state index contributed by atoms with van der Waals surface area (Å²) in [4.78, 5) is 24.2. The van der Waals surface area contributed by atoms with Crippen LogP contribution in [0.25, 0.3) is 0 Å². The summed E-state index contributed by atoms with van der Waals surface area (Å²) >= 11 is 0. The average molecular weight is 871 g/mol. The number of hydrogen-bond acceptors (Lipinski definition) is 5. The molecule has 1 N–H and O–H groups in total. The Hall–Kier alpha value is -1.88. The molecule has 0 saturated heterocycles. The summed E-state index contributed by atoms with van der Waals surface area (Å²) in [6.07, 6.45) is 68.8. The Bertz CT molecular complexity index is 986. The van der Waals surface area contributed by atoms with Crippen LogP contribution in [0.1, 0.15) is 296 Å². The third-order valence-corrected chi connectivity index (χ3v) is 12.4. The van der Waals surface area contributed by atoms with Crippen LogP contribution in [0, 0.1) is 0 Å². The molecule has 0 aromatic heterocycles. The predicted octanol–water partition coefficient (Wildman–Crippen LogP) is 18.3. The molecule has 0 bridgehead atoms. The first kappa shape index (κ1) is 60.1. The van der Waals surface area contributed by atoms with E-state index in [1.165, 1.54) is 218 Å². The normalized spacial score (nSPS) is 12.4. The topological polar surface area (TPSA) is 72.8 Å². The number of aliphatic hydroxyl groups is 1. The summed E-state index contributed by atoms with van der Waals surface area (Å²) in [5, 5.41) is 9.55. The molecule has 0 aliphatic heterocycles. The van der Waals surface area contributed by atoms with E-state index in [0.29, 0.717) is 12.8 Å². The van der Waals surface area contributed by atoms with Crippen LogP contribution in [0.5, 0.6) is 0 Å². The molecule has 5 heteroatoms. The second-order valence-electron chi connectivity index (χ2n) is 18.7. The Morgan fingerprint density at radius 2 is 0.645 bits per heavy atom. The largest absolute Gasteiger partial charge is 0.462 e. The molecule has 0 aliphatic rings. The van der Waals surface area contributed by atoms with Gasteiger partial charge < -0.3 is 14.6 Å². The van der Waals surface area contributed by atoms with Crippen molar-refractivity contribution in [2.45, 2.75) is 302 Å². The molecule has 1 atom stereocenters. The highest BCUT2D eigenvalue weighted by molar-refractivity contribution is 5.70. The minimum Gasteiger partial charge on any atom is -0.462 e. The van der Waals surface area contributed by atoms with Gasteiger partial charge in [0, 0.05) is 12.8 Å². The van der Waals surface area contributed by atoms with Crippen molar-refractivity contribution >= 4 is 11.9 Å². The van der Waals surface area contributed by atoms with Crippen LogP contribution in [0.2, 0.25) is 0 Å². The van der Waals surface area contributed by atoms with Crippen LogP contribution in [0.3, 0.4) is 0 Å². The Kier molecular flexibility index (Phi) is 51.8. The van der Waals surface area contributed by atoms with Gasteiger partial charge in [0.15, 0.2) is 6.10 Å². The summed E-state index contributed by atoms with van der Waals surface area (Å²) in [6, 6.07) is 0. The van der Waals surface area contributed by atoms with E-state index in [0.717, 1.165) is 51.4 Å². The number of esters is 2. The highest BCUT2D eigenvalue weighted by Gasteiger charge is 2.16. The fraction of sp³-hybridized carbons (Fsp3) is 0.860. The molecule has 0 amide bonds. The summed E-state index contributed by atoms with van der Waals surface area (Å²) in [7, 11) is 0. The lowest BCUT2D eigenvalue weighted by atomic mass is 10.0. The van der Waals surface area contributed by atoms with Gasteiger partial charge in [0.05, 0.1) is 6.61 Å². The van der Waals surface area contributed by atoms with Crippen LogP contribution in [-0.4, -0.2) is 36.4 Å². The number of rotatable bonds is 51. The average Bonchev–Trinajstić information content (AvgIpc) is 3.28. The number of hydrogen-bond donors (Lipinski definition) is 1. The number of carbonyl (C=O) groups excluding carboxylic acids is 2. The molecule has 364 valence electrons. The molecule has 1 unspecified atom stereocenters. The lowest BCUT2D eigenvalue weighted by molar-refractivity contribution is -0.161. The number of carbonyl (C=O) groups is 2. The molecule has 0 rings (SSSR count). The van der Waals surface area contributed by atoms with Crippen LogP contribution in [0.4, 0.5) is 0 Å². The number of allylic oxidation sites excluding steroid dienone is 6. The number of unbranched alkanes of at least 4 members (excludes halogenated alkanes) is 37. The van der Waals surface area contributed by atoms with Gasteiger partial charge in [-0.15, -0.1) is 0 Å². The van der Waals surface area contributed by atoms with Crippen molar-refractivity contribution in [1.82, 2.24) is 0 Å². The molecule has 62 heavy (non-hydrogen) atoms. The van der Waals surface area contributed by atoms with E-state index in [1.807, 2.05) is 0 Å². The lowest BCUT2D eigenvalue weighted by Gasteiger charge is -2.15. The first-order valence-electron chi connectivity index (χ1n) is 27.5. The van der Waals surface area contributed by atoms with Crippen molar-refractivity contribution in [1.29, 1.82) is 0 Å². The van der Waals surface area contributed by atoms with Gasteiger partial charge in [0.2, 0.25) is 0 Å². The van der Waals surface area contributed by atoms with Gasteiger partial charge in [-0.2, -0.15) is 0 Å². The van der Waals surface area contributed by atoms with E-state index >= 15 is 0 Å². The smallest absolute Gasteiger partial charge is 0.306 e. The second kappa shape index (κ2) is 53.5. The summed E-state index contributed by atoms with van der Waals surface area (Å²) < 4.78 is 10.6. The maximum atomic E-state index is 12.2. The highest BCUT2D eigenvalue weighted by Crippen LogP contribution is 2.17. The standard InChI is InChI=1S/C57H106O5/c1-3-5-7-9-11-12-13-14-15-16-17-18-19-20-21-22-23-24-25-26-27-28-29-30-31-32-33-34-35-36-37-38-39-40-41-42-43-44-46-48-50-52-57(60)62-55(53-58)54-61-56(59)51-49-47-45-10-8-6-4-2/h13-14,16-17,19-20,55,58H,3-12,15,18,21-54H2,1-2H3/b14-13-,17-16-,20-19-. The molecule has 5 nitrogen and oxygen atoms in total. The van der Waals surface area contributed by atoms with E-state index in [9.17, 15) is 14.7 Å². The van der Waals surface area contributed by atoms with Crippen LogP contribution >= 0.6 is 0 Å². The molecule has 0 radical (unpaired) electrons. The SMILES string of the molecule is CCCCCCC/C=C\C/C=C\C/C=C\CCCCCCCCCCCCCCCCCCCCCCCCCCCCC(=O)OC(CO)COC(=O)CCCCCCCCC. The molecule has 0 aromatic carbocycles. The highest BCUT2D eigenvalue weighted by atomic mass is 16.6. The van der Waals surface area contributed by atoms with E-state index in [2.05, 4.69) is 50.3 Å². The minimum atomic E-state index is -0.764. The molecule has 0 heterocycles. The quantitative estimate of drug-likeness (QED) is 0.0374. The van der Waals surface area contributed by atoms with Gasteiger partial charge in [-0.25, -0.2) is 0 Å². The molecular formula is C57H106O5. The van der Waals surface area contributed by atoms with Gasteiger partial charge in [0.25, 0.3) is 0 Å². The second-order valence-corrected chi connectivity index (χ2v) is 18.7. The van der Waals surface area contributed by atoms with E-state index in [4.69, 9.17) is 9.47 Å². The summed E-state index contributed by atoms with van der Waals surface area (Å²) in [6.45, 7) is 4.10. The summed E-state index contributed by atoms with van der Waals surface area (Å²) in [5.74, 6) is -0.584. The first-order chi connectivity index (χ1) is 30.6. The van der Waals surface area contributed by atoms with Crippen LogP contribution in [0.15, 0.2) is 36.5 Å². The van der Waals surface area contributed by atoms with Crippen molar-refractivity contribution in [2.24, 2.45) is 0 Å². The van der Waals surface area contributed by atoms with Crippen molar-refractivity contribution in [3.8, 4) is 0 Å². The zero-order valence-electron chi connectivity index (χ0n) is 41.6. The molecule has 0 aliphatic carbocycles. The Balaban J connectivity index is 3.32. The van der Waals surface area contributed by atoms with Crippen molar-refractivity contribution in [3.05, 3.63) is 36.5 Å². The summed E-state index contributed by atoms with van der Waals surface area (Å²) in [5.41, 5.74) is 0. The molecule has 0 aromatic rings. The fourth-order valence-electron chi connectivity index (χ4n) is 8.27. The zero-order valence-corrected chi connectivity index (χ0v) is 41.6. The number of aliphatic hydroxyl groups excluding tert-OH is 1. The van der Waals surface area contributed by atoms with Gasteiger partial charge in [-0.1, -0.05) is 269 Å². The van der Waals surface area contributed by atoms with Crippen molar-refractivity contribution in [3.63, 3.8) is 0 Å². The zero-order chi connectivity index (χ0) is 44.9. The van der Waals surface area contributed by atoms with Crippen molar-refractivity contribution < 1.29 is 24.2 Å². The van der Waals surface area contributed by atoms with Gasteiger partial charge in [0.1, 0.15) is 6.61 Å². The van der Waals surface area contributed by atoms with E-state index < -0.39 is 6.10 Å². The Morgan fingerprint density at radius 3 is 0.968 bits per heavy atom. The molecule has 0 saturated carbocycles. The minimum absolute atomic E-state index is 0.0605. The van der Waals surface area contributed by atoms with Gasteiger partial charge in [-0.05, 0) is 51.4 Å². The fourth-order valence-corrected chi connectivity index (χ4v) is 8.27. The van der Waals surface area contributed by atoms with E-state index in [1.54, 1.807) is 0 Å². The van der Waals surface area contributed by atoms with Crippen molar-refractivity contribution in [2.75, 3.05) is 13.2 Å². The van der Waals surface area contributed by atoms with Crippen LogP contribution in [-0.2, 0) is 19.1 Å². The lowest BCUT2D eigenvalue weighted by Crippen LogP contribution is -2.28. The molecule has 0 fully saturated rings. The monoisotopic (exact) mass is 871 g/mol. The third kappa shape index (κ3) is 50.8. The predicted molar refractivity (Wildman–Crippen MR) is 270 cm³/mol. The Morgan fingerprint density at radius 1 is 0.371 bits per heavy atom.